The maximum atomic E-state index is 12.6. The SMILES string of the molecule is C=CCN1CCC2(c3cccc(OC)c3)CC(NC(=O)OCc3ccccc3)CCC2C1. The van der Waals surface area contributed by atoms with E-state index in [9.17, 15) is 4.79 Å². The number of amides is 1. The third-order valence-corrected chi connectivity index (χ3v) is 7.18. The average molecular weight is 435 g/mol. The largest absolute Gasteiger partial charge is 0.497 e. The van der Waals surface area contributed by atoms with Crippen molar-refractivity contribution in [2.24, 2.45) is 5.92 Å². The number of nitrogens with one attached hydrogen (secondary N) is 1. The zero-order chi connectivity index (χ0) is 22.4. The number of ether oxygens (including phenoxy) is 2. The molecule has 2 aromatic carbocycles. The maximum absolute atomic E-state index is 12.6. The molecule has 1 saturated carbocycles. The van der Waals surface area contributed by atoms with Crippen LogP contribution in [-0.2, 0) is 16.8 Å². The van der Waals surface area contributed by atoms with E-state index in [0.29, 0.717) is 12.5 Å². The van der Waals surface area contributed by atoms with E-state index < -0.39 is 0 Å². The fourth-order valence-electron chi connectivity index (χ4n) is 5.55. The van der Waals surface area contributed by atoms with Crippen LogP contribution in [0, 0.1) is 5.92 Å². The second kappa shape index (κ2) is 10.2. The van der Waals surface area contributed by atoms with Crippen molar-refractivity contribution in [2.45, 2.75) is 43.7 Å². The number of alkyl carbamates (subject to hydrolysis) is 1. The molecule has 0 bridgehead atoms. The van der Waals surface area contributed by atoms with Crippen LogP contribution < -0.4 is 10.1 Å². The van der Waals surface area contributed by atoms with Crippen molar-refractivity contribution in [2.75, 3.05) is 26.7 Å². The van der Waals surface area contributed by atoms with E-state index in [1.165, 1.54) is 5.56 Å². The first-order valence-corrected chi connectivity index (χ1v) is 11.6. The van der Waals surface area contributed by atoms with E-state index >= 15 is 0 Å². The van der Waals surface area contributed by atoms with Crippen molar-refractivity contribution in [3.8, 4) is 5.75 Å². The normalized spacial score (nSPS) is 25.4. The van der Waals surface area contributed by atoms with Crippen LogP contribution in [0.5, 0.6) is 5.75 Å². The summed E-state index contributed by atoms with van der Waals surface area (Å²) in [7, 11) is 1.72. The Labute approximate surface area is 191 Å². The summed E-state index contributed by atoms with van der Waals surface area (Å²) < 4.78 is 11.0. The second-order valence-electron chi connectivity index (χ2n) is 9.07. The van der Waals surface area contributed by atoms with Gasteiger partial charge in [0, 0.05) is 24.5 Å². The summed E-state index contributed by atoms with van der Waals surface area (Å²) in [5, 5.41) is 3.16. The Kier molecular flexibility index (Phi) is 7.15. The van der Waals surface area contributed by atoms with Gasteiger partial charge in [-0.25, -0.2) is 4.79 Å². The van der Waals surface area contributed by atoms with Crippen LogP contribution in [0.4, 0.5) is 4.79 Å². The lowest BCUT2D eigenvalue weighted by molar-refractivity contribution is 0.0471. The zero-order valence-electron chi connectivity index (χ0n) is 19.0. The number of hydrogen-bond donors (Lipinski definition) is 1. The zero-order valence-corrected chi connectivity index (χ0v) is 19.0. The molecule has 4 rings (SSSR count). The molecule has 170 valence electrons. The van der Waals surface area contributed by atoms with Gasteiger partial charge in [0.05, 0.1) is 7.11 Å². The molecule has 1 N–H and O–H groups in total. The Balaban J connectivity index is 1.48. The van der Waals surface area contributed by atoms with E-state index in [4.69, 9.17) is 9.47 Å². The van der Waals surface area contributed by atoms with Crippen molar-refractivity contribution >= 4 is 6.09 Å². The summed E-state index contributed by atoms with van der Waals surface area (Å²) in [6, 6.07) is 18.4. The Morgan fingerprint density at radius 2 is 2.06 bits per heavy atom. The molecular weight excluding hydrogens is 400 g/mol. The lowest BCUT2D eigenvalue weighted by atomic mass is 9.58. The van der Waals surface area contributed by atoms with Crippen LogP contribution in [-0.4, -0.2) is 43.8 Å². The third-order valence-electron chi connectivity index (χ3n) is 7.18. The number of piperidine rings is 1. The minimum atomic E-state index is -0.331. The third kappa shape index (κ3) is 4.99. The Bertz CT molecular complexity index is 916. The number of carbonyl (C=O) groups excluding carboxylic acids is 1. The van der Waals surface area contributed by atoms with Gasteiger partial charge >= 0.3 is 6.09 Å². The molecule has 3 unspecified atom stereocenters. The van der Waals surface area contributed by atoms with Crippen LogP contribution in [0.15, 0.2) is 67.3 Å². The van der Waals surface area contributed by atoms with Crippen molar-refractivity contribution in [3.05, 3.63) is 78.4 Å². The molecule has 2 aliphatic rings. The van der Waals surface area contributed by atoms with Gasteiger partial charge in [-0.2, -0.15) is 0 Å². The van der Waals surface area contributed by atoms with Gasteiger partial charge in [0.2, 0.25) is 0 Å². The van der Waals surface area contributed by atoms with Gasteiger partial charge < -0.3 is 14.8 Å². The maximum Gasteiger partial charge on any atom is 0.407 e. The Morgan fingerprint density at radius 3 is 2.84 bits per heavy atom. The summed E-state index contributed by atoms with van der Waals surface area (Å²) in [4.78, 5) is 15.0. The number of benzene rings is 2. The molecule has 2 aromatic rings. The van der Waals surface area contributed by atoms with Crippen molar-refractivity contribution in [1.82, 2.24) is 10.2 Å². The Morgan fingerprint density at radius 1 is 1.22 bits per heavy atom. The first-order valence-electron chi connectivity index (χ1n) is 11.6. The molecule has 1 aliphatic heterocycles. The molecule has 1 saturated heterocycles. The summed E-state index contributed by atoms with van der Waals surface area (Å²) in [5.41, 5.74) is 2.35. The van der Waals surface area contributed by atoms with Crippen molar-refractivity contribution in [1.29, 1.82) is 0 Å². The standard InChI is InChI=1S/C27H34N2O3/c1-3-15-29-16-14-27(22-10-7-11-25(17-22)31-2)18-24(13-12-23(27)19-29)28-26(30)32-20-21-8-5-4-6-9-21/h3-11,17,23-24H,1,12-16,18-20H2,2H3,(H,28,30). The van der Waals surface area contributed by atoms with Crippen LogP contribution in [0.3, 0.4) is 0 Å². The summed E-state index contributed by atoms with van der Waals surface area (Å²) >= 11 is 0. The highest BCUT2D eigenvalue weighted by molar-refractivity contribution is 5.67. The van der Waals surface area contributed by atoms with Gasteiger partial charge in [-0.1, -0.05) is 48.5 Å². The summed E-state index contributed by atoms with van der Waals surface area (Å²) in [5.74, 6) is 1.43. The molecule has 1 heterocycles. The number of carbonyl (C=O) groups is 1. The fourth-order valence-corrected chi connectivity index (χ4v) is 5.55. The molecule has 3 atom stereocenters. The molecule has 1 aliphatic carbocycles. The molecule has 1 amide bonds. The predicted molar refractivity (Wildman–Crippen MR) is 127 cm³/mol. The highest BCUT2D eigenvalue weighted by Crippen LogP contribution is 2.49. The van der Waals surface area contributed by atoms with Crippen LogP contribution >= 0.6 is 0 Å². The van der Waals surface area contributed by atoms with Gasteiger partial charge in [0.15, 0.2) is 0 Å². The molecule has 5 nitrogen and oxygen atoms in total. The van der Waals surface area contributed by atoms with Crippen LogP contribution in [0.2, 0.25) is 0 Å². The van der Waals surface area contributed by atoms with E-state index in [0.717, 1.165) is 56.6 Å². The second-order valence-corrected chi connectivity index (χ2v) is 9.07. The number of likely N-dealkylation sites (tertiary alicyclic amines) is 1. The number of nitrogens with zero attached hydrogens (tertiary/aromatic N) is 1. The minimum absolute atomic E-state index is 0.0296. The minimum Gasteiger partial charge on any atom is -0.497 e. The van der Waals surface area contributed by atoms with Gasteiger partial charge in [0.25, 0.3) is 0 Å². The number of rotatable bonds is 7. The smallest absolute Gasteiger partial charge is 0.407 e. The monoisotopic (exact) mass is 434 g/mol. The first kappa shape index (κ1) is 22.4. The van der Waals surface area contributed by atoms with Gasteiger partial charge in [-0.15, -0.1) is 6.58 Å². The molecule has 32 heavy (non-hydrogen) atoms. The number of fused-ring (bicyclic) bond motifs is 1. The van der Waals surface area contributed by atoms with E-state index in [2.05, 4.69) is 35.0 Å². The quantitative estimate of drug-likeness (QED) is 0.629. The fraction of sp³-hybridized carbons (Fsp3) is 0.444. The first-order chi connectivity index (χ1) is 15.6. The summed E-state index contributed by atoms with van der Waals surface area (Å²) in [6.45, 7) is 7.24. The molecular formula is C27H34N2O3. The number of hydrogen-bond acceptors (Lipinski definition) is 4. The molecule has 2 fully saturated rings. The van der Waals surface area contributed by atoms with E-state index in [-0.39, 0.29) is 17.6 Å². The van der Waals surface area contributed by atoms with Crippen LogP contribution in [0.25, 0.3) is 0 Å². The number of methoxy groups -OCH3 is 1. The molecule has 5 heteroatoms. The molecule has 0 radical (unpaired) electrons. The lowest BCUT2D eigenvalue weighted by Crippen LogP contribution is -2.56. The molecule has 0 aromatic heterocycles. The lowest BCUT2D eigenvalue weighted by Gasteiger charge is -2.53. The van der Waals surface area contributed by atoms with Crippen molar-refractivity contribution in [3.63, 3.8) is 0 Å². The van der Waals surface area contributed by atoms with Gasteiger partial charge in [0.1, 0.15) is 12.4 Å². The van der Waals surface area contributed by atoms with Gasteiger partial charge in [-0.3, -0.25) is 4.90 Å². The highest BCUT2D eigenvalue weighted by Gasteiger charge is 2.48. The Hall–Kier alpha value is -2.79. The van der Waals surface area contributed by atoms with Crippen molar-refractivity contribution < 1.29 is 14.3 Å². The molecule has 0 spiro atoms. The highest BCUT2D eigenvalue weighted by atomic mass is 16.5. The van der Waals surface area contributed by atoms with E-state index in [1.807, 2.05) is 42.5 Å². The van der Waals surface area contributed by atoms with E-state index in [1.54, 1.807) is 7.11 Å². The summed E-state index contributed by atoms with van der Waals surface area (Å²) in [6.07, 6.45) is 5.70. The van der Waals surface area contributed by atoms with Gasteiger partial charge in [-0.05, 0) is 61.4 Å². The topological polar surface area (TPSA) is 50.8 Å². The average Bonchev–Trinajstić information content (AvgIpc) is 2.84. The predicted octanol–water partition coefficient (Wildman–Crippen LogP) is 4.92. The van der Waals surface area contributed by atoms with Crippen LogP contribution in [0.1, 0.15) is 36.8 Å².